The predicted octanol–water partition coefficient (Wildman–Crippen LogP) is 2.01. The normalized spacial score (nSPS) is 16.5. The number of hydrogen-bond donors (Lipinski definition) is 1. The van der Waals surface area contributed by atoms with Crippen LogP contribution in [0.25, 0.3) is 0 Å². The average molecular weight is 235 g/mol. The Kier molecular flexibility index (Phi) is 4.31. The fourth-order valence-corrected chi connectivity index (χ4v) is 2.42. The van der Waals surface area contributed by atoms with E-state index in [1.54, 1.807) is 10.9 Å². The van der Waals surface area contributed by atoms with Crippen molar-refractivity contribution in [3.05, 3.63) is 18.0 Å². The quantitative estimate of drug-likeness (QED) is 0.767. The molecule has 1 heterocycles. The second-order valence-corrected chi connectivity index (χ2v) is 4.73. The molecule has 1 aliphatic carbocycles. The van der Waals surface area contributed by atoms with Gasteiger partial charge in [0.25, 0.3) is 0 Å². The minimum atomic E-state index is 0.155. The van der Waals surface area contributed by atoms with E-state index in [9.17, 15) is 4.79 Å². The summed E-state index contributed by atoms with van der Waals surface area (Å²) in [4.78, 5) is 12.0. The van der Waals surface area contributed by atoms with Gasteiger partial charge in [0.05, 0.1) is 6.54 Å². The van der Waals surface area contributed by atoms with Crippen LogP contribution in [0.5, 0.6) is 0 Å². The van der Waals surface area contributed by atoms with Crippen molar-refractivity contribution in [2.24, 2.45) is 0 Å². The van der Waals surface area contributed by atoms with Crippen LogP contribution in [0.1, 0.15) is 49.5 Å². The molecule has 0 atom stereocenters. The smallest absolute Gasteiger partial charge is 0.194 e. The average Bonchev–Trinajstić information content (AvgIpc) is 2.97. The van der Waals surface area contributed by atoms with Crippen LogP contribution in [0.15, 0.2) is 12.3 Å². The van der Waals surface area contributed by atoms with Crippen LogP contribution >= 0.6 is 0 Å². The van der Waals surface area contributed by atoms with Crippen LogP contribution in [0.3, 0.4) is 0 Å². The highest BCUT2D eigenvalue weighted by Gasteiger charge is 2.17. The molecule has 0 amide bonds. The van der Waals surface area contributed by atoms with Crippen molar-refractivity contribution in [3.63, 3.8) is 0 Å². The fourth-order valence-electron chi connectivity index (χ4n) is 2.42. The first-order chi connectivity index (χ1) is 8.31. The van der Waals surface area contributed by atoms with Gasteiger partial charge in [0.2, 0.25) is 0 Å². The third-order valence-corrected chi connectivity index (χ3v) is 3.34. The molecule has 2 rings (SSSR count). The van der Waals surface area contributed by atoms with Crippen molar-refractivity contribution in [2.75, 3.05) is 6.54 Å². The van der Waals surface area contributed by atoms with Gasteiger partial charge in [0, 0.05) is 18.8 Å². The third-order valence-electron chi connectivity index (χ3n) is 3.34. The maximum atomic E-state index is 12.0. The summed E-state index contributed by atoms with van der Waals surface area (Å²) in [7, 11) is 0. The zero-order chi connectivity index (χ0) is 12.1. The summed E-state index contributed by atoms with van der Waals surface area (Å²) in [5, 5.41) is 7.52. The lowest BCUT2D eigenvalue weighted by Gasteiger charge is -2.11. The Bertz CT molecular complexity index is 366. The molecule has 0 spiro atoms. The molecular formula is C13H21N3O. The Morgan fingerprint density at radius 1 is 1.53 bits per heavy atom. The molecular weight excluding hydrogens is 214 g/mol. The van der Waals surface area contributed by atoms with Crippen LogP contribution in [0, 0.1) is 0 Å². The second kappa shape index (κ2) is 5.96. The van der Waals surface area contributed by atoms with Gasteiger partial charge in [-0.3, -0.25) is 9.48 Å². The first-order valence-corrected chi connectivity index (χ1v) is 6.59. The largest absolute Gasteiger partial charge is 0.307 e. The van der Waals surface area contributed by atoms with E-state index in [0.29, 0.717) is 12.6 Å². The van der Waals surface area contributed by atoms with E-state index in [1.807, 2.05) is 6.07 Å². The molecule has 0 radical (unpaired) electrons. The summed E-state index contributed by atoms with van der Waals surface area (Å²) in [6, 6.07) is 2.36. The van der Waals surface area contributed by atoms with Gasteiger partial charge in [-0.1, -0.05) is 19.8 Å². The number of nitrogens with zero attached hydrogens (tertiary/aromatic N) is 2. The monoisotopic (exact) mass is 235 g/mol. The molecule has 4 nitrogen and oxygen atoms in total. The molecule has 4 heteroatoms. The zero-order valence-electron chi connectivity index (χ0n) is 10.5. The molecule has 1 aliphatic rings. The molecule has 0 aromatic carbocycles. The Morgan fingerprint density at radius 2 is 2.29 bits per heavy atom. The maximum absolute atomic E-state index is 12.0. The second-order valence-electron chi connectivity index (χ2n) is 4.73. The van der Waals surface area contributed by atoms with E-state index in [0.717, 1.165) is 18.7 Å². The summed E-state index contributed by atoms with van der Waals surface area (Å²) >= 11 is 0. The number of aromatic nitrogens is 2. The summed E-state index contributed by atoms with van der Waals surface area (Å²) in [6.45, 7) is 3.35. The topological polar surface area (TPSA) is 46.9 Å². The van der Waals surface area contributed by atoms with Gasteiger partial charge in [0.15, 0.2) is 5.78 Å². The van der Waals surface area contributed by atoms with Crippen LogP contribution in [-0.4, -0.2) is 28.2 Å². The number of rotatable bonds is 6. The first-order valence-electron chi connectivity index (χ1n) is 6.59. The molecule has 1 saturated carbocycles. The Labute approximate surface area is 102 Å². The highest BCUT2D eigenvalue weighted by atomic mass is 16.1. The van der Waals surface area contributed by atoms with Crippen molar-refractivity contribution >= 4 is 5.78 Å². The number of Topliss-reactive ketones (excluding diaryl/α,β-unsaturated/α-hetero) is 1. The van der Waals surface area contributed by atoms with Gasteiger partial charge < -0.3 is 5.32 Å². The van der Waals surface area contributed by atoms with E-state index < -0.39 is 0 Å². The summed E-state index contributed by atoms with van der Waals surface area (Å²) in [5.41, 5.74) is 0.734. The Balaban J connectivity index is 1.87. The molecule has 0 bridgehead atoms. The van der Waals surface area contributed by atoms with E-state index in [1.165, 1.54) is 25.7 Å². The molecule has 0 saturated heterocycles. The van der Waals surface area contributed by atoms with Crippen molar-refractivity contribution in [2.45, 2.75) is 51.6 Å². The van der Waals surface area contributed by atoms with Crippen LogP contribution in [-0.2, 0) is 6.54 Å². The standard InChI is InChI=1S/C13H21N3O/c1-2-9-16-12(7-8-15-16)13(17)10-14-11-5-3-4-6-11/h7-8,11,14H,2-6,9-10H2,1H3. The minimum Gasteiger partial charge on any atom is -0.307 e. The van der Waals surface area contributed by atoms with E-state index in [-0.39, 0.29) is 5.78 Å². The molecule has 0 unspecified atom stereocenters. The molecule has 0 aliphatic heterocycles. The summed E-state index contributed by atoms with van der Waals surface area (Å²) in [5.74, 6) is 0.155. The Morgan fingerprint density at radius 3 is 3.00 bits per heavy atom. The molecule has 1 fully saturated rings. The number of hydrogen-bond acceptors (Lipinski definition) is 3. The van der Waals surface area contributed by atoms with Gasteiger partial charge in [-0.05, 0) is 25.3 Å². The lowest BCUT2D eigenvalue weighted by atomic mass is 10.2. The third kappa shape index (κ3) is 3.16. The number of nitrogens with one attached hydrogen (secondary N) is 1. The van der Waals surface area contributed by atoms with Crippen LogP contribution in [0.2, 0.25) is 0 Å². The summed E-state index contributed by atoms with van der Waals surface area (Å²) < 4.78 is 1.80. The molecule has 1 aromatic rings. The SMILES string of the molecule is CCCn1nccc1C(=O)CNC1CCCC1. The molecule has 1 N–H and O–H groups in total. The first kappa shape index (κ1) is 12.3. The van der Waals surface area contributed by atoms with E-state index in [4.69, 9.17) is 0 Å². The summed E-state index contributed by atoms with van der Waals surface area (Å²) in [6.07, 6.45) is 7.71. The van der Waals surface area contributed by atoms with E-state index >= 15 is 0 Å². The molecule has 1 aromatic heterocycles. The van der Waals surface area contributed by atoms with Gasteiger partial charge in [-0.2, -0.15) is 5.10 Å². The van der Waals surface area contributed by atoms with Crippen LogP contribution in [0.4, 0.5) is 0 Å². The minimum absolute atomic E-state index is 0.155. The number of carbonyl (C=O) groups is 1. The highest BCUT2D eigenvalue weighted by Crippen LogP contribution is 2.17. The van der Waals surface area contributed by atoms with Crippen molar-refractivity contribution in [1.82, 2.24) is 15.1 Å². The van der Waals surface area contributed by atoms with Crippen molar-refractivity contribution < 1.29 is 4.79 Å². The predicted molar refractivity (Wildman–Crippen MR) is 67.1 cm³/mol. The Hall–Kier alpha value is -1.16. The number of ketones is 1. The van der Waals surface area contributed by atoms with Crippen molar-refractivity contribution in [3.8, 4) is 0 Å². The van der Waals surface area contributed by atoms with Gasteiger partial charge in [-0.15, -0.1) is 0 Å². The van der Waals surface area contributed by atoms with Gasteiger partial charge in [-0.25, -0.2) is 0 Å². The van der Waals surface area contributed by atoms with Crippen molar-refractivity contribution in [1.29, 1.82) is 0 Å². The maximum Gasteiger partial charge on any atom is 0.194 e. The zero-order valence-corrected chi connectivity index (χ0v) is 10.5. The fraction of sp³-hybridized carbons (Fsp3) is 0.692. The molecule has 17 heavy (non-hydrogen) atoms. The number of carbonyl (C=O) groups excluding carboxylic acids is 1. The lowest BCUT2D eigenvalue weighted by Crippen LogP contribution is -2.32. The highest BCUT2D eigenvalue weighted by molar-refractivity contribution is 5.96. The van der Waals surface area contributed by atoms with Gasteiger partial charge in [0.1, 0.15) is 5.69 Å². The van der Waals surface area contributed by atoms with Gasteiger partial charge >= 0.3 is 0 Å². The molecule has 94 valence electrons. The van der Waals surface area contributed by atoms with Crippen LogP contribution < -0.4 is 5.32 Å². The lowest BCUT2D eigenvalue weighted by molar-refractivity contribution is 0.0977. The van der Waals surface area contributed by atoms with E-state index in [2.05, 4.69) is 17.3 Å². The number of aryl methyl sites for hydroxylation is 1.